The van der Waals surface area contributed by atoms with Crippen LogP contribution in [0.1, 0.15) is 13.3 Å². The van der Waals surface area contributed by atoms with Crippen LogP contribution in [0, 0.1) is 5.92 Å². The molecule has 0 radical (unpaired) electrons. The Balaban J connectivity index is 2.54. The van der Waals surface area contributed by atoms with E-state index in [1.54, 1.807) is 13.0 Å². The smallest absolute Gasteiger partial charge is 0.325 e. The second kappa shape index (κ2) is 7.06. The van der Waals surface area contributed by atoms with Crippen molar-refractivity contribution in [3.63, 3.8) is 0 Å². The first-order valence-electron chi connectivity index (χ1n) is 5.82. The molecule has 0 aliphatic carbocycles. The van der Waals surface area contributed by atoms with E-state index in [-0.39, 0.29) is 24.3 Å². The van der Waals surface area contributed by atoms with Crippen LogP contribution in [0.4, 0.5) is 0 Å². The van der Waals surface area contributed by atoms with Gasteiger partial charge in [0.25, 0.3) is 0 Å². The summed E-state index contributed by atoms with van der Waals surface area (Å²) >= 11 is 0. The van der Waals surface area contributed by atoms with Crippen molar-refractivity contribution in [2.75, 3.05) is 32.9 Å². The monoisotopic (exact) mass is 241 g/mol. The maximum atomic E-state index is 12.1. The Morgan fingerprint density at radius 2 is 2.35 bits per heavy atom. The third-order valence-electron chi connectivity index (χ3n) is 2.57. The number of ether oxygens (including phenoxy) is 2. The second-order valence-corrected chi connectivity index (χ2v) is 3.87. The summed E-state index contributed by atoms with van der Waals surface area (Å²) in [5, 5.41) is 0. The van der Waals surface area contributed by atoms with Gasteiger partial charge in [0.15, 0.2) is 0 Å². The van der Waals surface area contributed by atoms with E-state index in [4.69, 9.17) is 9.47 Å². The second-order valence-electron chi connectivity index (χ2n) is 3.87. The summed E-state index contributed by atoms with van der Waals surface area (Å²) in [6, 6.07) is 0. The lowest BCUT2D eigenvalue weighted by atomic mass is 10.1. The van der Waals surface area contributed by atoms with E-state index < -0.39 is 0 Å². The minimum atomic E-state index is -0.387. The minimum Gasteiger partial charge on any atom is -0.465 e. The molecule has 1 saturated heterocycles. The summed E-state index contributed by atoms with van der Waals surface area (Å²) < 4.78 is 10.0. The fourth-order valence-electron chi connectivity index (χ4n) is 1.74. The van der Waals surface area contributed by atoms with Crippen molar-refractivity contribution in [1.82, 2.24) is 4.90 Å². The molecule has 0 aromatic rings. The molecule has 0 spiro atoms. The van der Waals surface area contributed by atoms with Gasteiger partial charge in [-0.1, -0.05) is 6.08 Å². The van der Waals surface area contributed by atoms with Crippen molar-refractivity contribution in [2.24, 2.45) is 5.92 Å². The first-order valence-corrected chi connectivity index (χ1v) is 5.82. The highest BCUT2D eigenvalue weighted by molar-refractivity contribution is 5.84. The Morgan fingerprint density at radius 1 is 1.59 bits per heavy atom. The molecular formula is C12H19NO4. The summed E-state index contributed by atoms with van der Waals surface area (Å²) in [4.78, 5) is 24.9. The normalized spacial score (nSPS) is 18.8. The fraction of sp³-hybridized carbons (Fsp3) is 0.667. The van der Waals surface area contributed by atoms with Crippen LogP contribution in [-0.4, -0.2) is 49.7 Å². The summed E-state index contributed by atoms with van der Waals surface area (Å²) in [6.07, 6.45) is 2.32. The maximum absolute atomic E-state index is 12.1. The number of carbonyl (C=O) groups is 2. The Morgan fingerprint density at radius 3 is 2.88 bits per heavy atom. The van der Waals surface area contributed by atoms with Crippen LogP contribution in [-0.2, 0) is 19.1 Å². The molecule has 1 amide bonds. The molecule has 17 heavy (non-hydrogen) atoms. The zero-order valence-electron chi connectivity index (χ0n) is 10.2. The van der Waals surface area contributed by atoms with Crippen molar-refractivity contribution in [3.05, 3.63) is 12.7 Å². The van der Waals surface area contributed by atoms with Gasteiger partial charge in [0, 0.05) is 13.2 Å². The maximum Gasteiger partial charge on any atom is 0.325 e. The first kappa shape index (κ1) is 13.7. The highest BCUT2D eigenvalue weighted by atomic mass is 16.5. The lowest BCUT2D eigenvalue weighted by Gasteiger charge is -2.22. The van der Waals surface area contributed by atoms with Gasteiger partial charge in [-0.2, -0.15) is 0 Å². The van der Waals surface area contributed by atoms with E-state index in [9.17, 15) is 9.59 Å². The van der Waals surface area contributed by atoms with E-state index in [2.05, 4.69) is 6.58 Å². The predicted molar refractivity (Wildman–Crippen MR) is 62.3 cm³/mol. The van der Waals surface area contributed by atoms with E-state index in [0.717, 1.165) is 6.42 Å². The summed E-state index contributed by atoms with van der Waals surface area (Å²) in [7, 11) is 0. The van der Waals surface area contributed by atoms with Crippen LogP contribution in [0.25, 0.3) is 0 Å². The first-order chi connectivity index (χ1) is 8.19. The van der Waals surface area contributed by atoms with Crippen LogP contribution < -0.4 is 0 Å². The number of rotatable bonds is 6. The molecule has 1 atom stereocenters. The van der Waals surface area contributed by atoms with Gasteiger partial charge in [0.05, 0.1) is 19.1 Å². The lowest BCUT2D eigenvalue weighted by molar-refractivity contribution is -0.149. The standard InChI is InChI=1S/C12H19NO4/c1-3-6-13(8-11(14)17-4-2)12(15)10-5-7-16-9-10/h3,10H,1,4-9H2,2H3. The van der Waals surface area contributed by atoms with Gasteiger partial charge < -0.3 is 14.4 Å². The topological polar surface area (TPSA) is 55.8 Å². The lowest BCUT2D eigenvalue weighted by Crippen LogP contribution is -2.40. The number of amides is 1. The SMILES string of the molecule is C=CCN(CC(=O)OCC)C(=O)C1CCOC1. The molecule has 1 fully saturated rings. The number of hydrogen-bond donors (Lipinski definition) is 0. The number of nitrogens with zero attached hydrogens (tertiary/aromatic N) is 1. The van der Waals surface area contributed by atoms with Gasteiger partial charge in [0.1, 0.15) is 6.54 Å². The van der Waals surface area contributed by atoms with Gasteiger partial charge in [-0.25, -0.2) is 0 Å². The minimum absolute atomic E-state index is 0.0187. The van der Waals surface area contributed by atoms with Crippen LogP contribution in [0.15, 0.2) is 12.7 Å². The summed E-state index contributed by atoms with van der Waals surface area (Å²) in [5.41, 5.74) is 0. The Kier molecular flexibility index (Phi) is 5.69. The van der Waals surface area contributed by atoms with E-state index in [1.165, 1.54) is 4.90 Å². The van der Waals surface area contributed by atoms with Crippen molar-refractivity contribution in [1.29, 1.82) is 0 Å². The molecular weight excluding hydrogens is 222 g/mol. The molecule has 1 unspecified atom stereocenters. The van der Waals surface area contributed by atoms with Crippen LogP contribution in [0.5, 0.6) is 0 Å². The average Bonchev–Trinajstić information content (AvgIpc) is 2.81. The zero-order valence-corrected chi connectivity index (χ0v) is 10.2. The molecule has 0 aromatic carbocycles. The predicted octanol–water partition coefficient (Wildman–Crippen LogP) is 0.601. The van der Waals surface area contributed by atoms with E-state index in [0.29, 0.717) is 26.4 Å². The van der Waals surface area contributed by atoms with Gasteiger partial charge in [0.2, 0.25) is 5.91 Å². The molecule has 1 heterocycles. The molecule has 5 nitrogen and oxygen atoms in total. The zero-order chi connectivity index (χ0) is 12.7. The van der Waals surface area contributed by atoms with Crippen molar-refractivity contribution >= 4 is 11.9 Å². The highest BCUT2D eigenvalue weighted by Gasteiger charge is 2.28. The van der Waals surface area contributed by atoms with Gasteiger partial charge in [-0.05, 0) is 13.3 Å². The van der Waals surface area contributed by atoms with E-state index >= 15 is 0 Å². The Bertz CT molecular complexity index is 284. The van der Waals surface area contributed by atoms with Gasteiger partial charge in [-0.15, -0.1) is 6.58 Å². The van der Waals surface area contributed by atoms with Crippen LogP contribution in [0.3, 0.4) is 0 Å². The molecule has 96 valence electrons. The summed E-state index contributed by atoms with van der Waals surface area (Å²) in [5.74, 6) is -0.582. The molecule has 0 aromatic heterocycles. The Labute approximate surface area is 101 Å². The molecule has 1 aliphatic rings. The van der Waals surface area contributed by atoms with Crippen molar-refractivity contribution in [2.45, 2.75) is 13.3 Å². The molecule has 1 rings (SSSR count). The van der Waals surface area contributed by atoms with Crippen LogP contribution >= 0.6 is 0 Å². The quantitative estimate of drug-likeness (QED) is 0.505. The fourth-order valence-corrected chi connectivity index (χ4v) is 1.74. The summed E-state index contributed by atoms with van der Waals surface area (Å²) in [6.45, 7) is 7.03. The highest BCUT2D eigenvalue weighted by Crippen LogP contribution is 2.15. The molecule has 0 bridgehead atoms. The third-order valence-corrected chi connectivity index (χ3v) is 2.57. The third kappa shape index (κ3) is 4.19. The number of esters is 1. The number of carbonyl (C=O) groups excluding carboxylic acids is 2. The van der Waals surface area contributed by atoms with Gasteiger partial charge >= 0.3 is 5.97 Å². The van der Waals surface area contributed by atoms with E-state index in [1.807, 2.05) is 0 Å². The van der Waals surface area contributed by atoms with Crippen LogP contribution in [0.2, 0.25) is 0 Å². The van der Waals surface area contributed by atoms with Crippen molar-refractivity contribution < 1.29 is 19.1 Å². The van der Waals surface area contributed by atoms with Gasteiger partial charge in [-0.3, -0.25) is 9.59 Å². The largest absolute Gasteiger partial charge is 0.465 e. The molecule has 5 heteroatoms. The van der Waals surface area contributed by atoms with Crippen molar-refractivity contribution in [3.8, 4) is 0 Å². The average molecular weight is 241 g/mol. The molecule has 1 aliphatic heterocycles. The number of hydrogen-bond acceptors (Lipinski definition) is 4. The Hall–Kier alpha value is -1.36. The molecule has 0 N–H and O–H groups in total. The molecule has 0 saturated carbocycles.